The molecule has 1 spiro atoms. The minimum atomic E-state index is -0.0347. The highest BCUT2D eigenvalue weighted by Crippen LogP contribution is 2.50. The van der Waals surface area contributed by atoms with Crippen LogP contribution in [0.25, 0.3) is 0 Å². The standard InChI is InChI=1S/C10H16O2/c1-12-9-7-8(11)10(9)5-3-2-4-6-10/h9H,2-7H2,1H3. The third-order valence-corrected chi connectivity index (χ3v) is 3.57. The molecule has 68 valence electrons. The third-order valence-electron chi connectivity index (χ3n) is 3.57. The van der Waals surface area contributed by atoms with E-state index >= 15 is 0 Å². The summed E-state index contributed by atoms with van der Waals surface area (Å²) in [6.45, 7) is 0. The maximum atomic E-state index is 11.5. The van der Waals surface area contributed by atoms with Crippen molar-refractivity contribution in [1.29, 1.82) is 0 Å². The molecule has 0 aromatic rings. The summed E-state index contributed by atoms with van der Waals surface area (Å²) in [6, 6.07) is 0. The summed E-state index contributed by atoms with van der Waals surface area (Å²) >= 11 is 0. The van der Waals surface area contributed by atoms with E-state index in [4.69, 9.17) is 4.74 Å². The number of ketones is 1. The lowest BCUT2D eigenvalue weighted by Crippen LogP contribution is -2.55. The molecule has 0 bridgehead atoms. The predicted molar refractivity (Wildman–Crippen MR) is 45.9 cm³/mol. The van der Waals surface area contributed by atoms with Gasteiger partial charge >= 0.3 is 0 Å². The number of carbonyl (C=O) groups is 1. The molecule has 0 radical (unpaired) electrons. The Balaban J connectivity index is 2.10. The van der Waals surface area contributed by atoms with Gasteiger partial charge in [-0.15, -0.1) is 0 Å². The average molecular weight is 168 g/mol. The smallest absolute Gasteiger partial charge is 0.144 e. The first kappa shape index (κ1) is 8.24. The zero-order chi connectivity index (χ0) is 8.60. The van der Waals surface area contributed by atoms with Crippen molar-refractivity contribution in [3.63, 3.8) is 0 Å². The van der Waals surface area contributed by atoms with E-state index in [1.54, 1.807) is 7.11 Å². The first-order chi connectivity index (χ1) is 5.79. The van der Waals surface area contributed by atoms with Crippen LogP contribution in [0.2, 0.25) is 0 Å². The second-order valence-corrected chi connectivity index (χ2v) is 4.07. The summed E-state index contributed by atoms with van der Waals surface area (Å²) in [7, 11) is 1.73. The second-order valence-electron chi connectivity index (χ2n) is 4.07. The zero-order valence-electron chi connectivity index (χ0n) is 7.64. The molecule has 2 rings (SSSR count). The number of Topliss-reactive ketones (excluding diaryl/α,β-unsaturated/α-hetero) is 1. The first-order valence-corrected chi connectivity index (χ1v) is 4.86. The van der Waals surface area contributed by atoms with Gasteiger partial charge in [-0.25, -0.2) is 0 Å². The van der Waals surface area contributed by atoms with Crippen LogP contribution in [0.4, 0.5) is 0 Å². The molecule has 2 aliphatic carbocycles. The van der Waals surface area contributed by atoms with Gasteiger partial charge in [0.05, 0.1) is 11.5 Å². The summed E-state index contributed by atoms with van der Waals surface area (Å²) in [5.41, 5.74) is -0.0347. The Labute approximate surface area is 73.3 Å². The van der Waals surface area contributed by atoms with E-state index in [0.29, 0.717) is 12.2 Å². The average Bonchev–Trinajstić information content (AvgIpc) is 2.15. The Morgan fingerprint density at radius 3 is 2.50 bits per heavy atom. The van der Waals surface area contributed by atoms with Gasteiger partial charge in [0.15, 0.2) is 0 Å². The molecule has 0 heterocycles. The van der Waals surface area contributed by atoms with E-state index in [9.17, 15) is 4.79 Å². The highest BCUT2D eigenvalue weighted by molar-refractivity contribution is 5.92. The highest BCUT2D eigenvalue weighted by atomic mass is 16.5. The van der Waals surface area contributed by atoms with Crippen molar-refractivity contribution in [2.45, 2.75) is 44.6 Å². The van der Waals surface area contributed by atoms with Gasteiger partial charge in [0, 0.05) is 13.5 Å². The first-order valence-electron chi connectivity index (χ1n) is 4.86. The number of carbonyl (C=O) groups excluding carboxylic acids is 1. The fraction of sp³-hybridized carbons (Fsp3) is 0.900. The molecule has 2 aliphatic rings. The summed E-state index contributed by atoms with van der Waals surface area (Å²) in [4.78, 5) is 11.5. The molecule has 0 N–H and O–H groups in total. The van der Waals surface area contributed by atoms with Crippen molar-refractivity contribution in [3.8, 4) is 0 Å². The molecule has 12 heavy (non-hydrogen) atoms. The molecule has 0 aliphatic heterocycles. The van der Waals surface area contributed by atoms with Crippen LogP contribution >= 0.6 is 0 Å². The molecule has 1 atom stereocenters. The van der Waals surface area contributed by atoms with Crippen LogP contribution in [0.5, 0.6) is 0 Å². The van der Waals surface area contributed by atoms with Crippen molar-refractivity contribution in [3.05, 3.63) is 0 Å². The Kier molecular flexibility index (Phi) is 1.95. The molecular formula is C10H16O2. The number of ether oxygens (including phenoxy) is 1. The third kappa shape index (κ3) is 0.939. The summed E-state index contributed by atoms with van der Waals surface area (Å²) in [5.74, 6) is 0.453. The largest absolute Gasteiger partial charge is 0.380 e. The van der Waals surface area contributed by atoms with Gasteiger partial charge in [-0.1, -0.05) is 19.3 Å². The summed E-state index contributed by atoms with van der Waals surface area (Å²) in [5, 5.41) is 0. The summed E-state index contributed by atoms with van der Waals surface area (Å²) in [6.07, 6.45) is 6.78. The van der Waals surface area contributed by atoms with Gasteiger partial charge in [0.2, 0.25) is 0 Å². The van der Waals surface area contributed by atoms with Crippen molar-refractivity contribution in [2.75, 3.05) is 7.11 Å². The van der Waals surface area contributed by atoms with E-state index in [0.717, 1.165) is 12.8 Å². The predicted octanol–water partition coefficient (Wildman–Crippen LogP) is 1.92. The monoisotopic (exact) mass is 168 g/mol. The lowest BCUT2D eigenvalue weighted by atomic mass is 9.57. The van der Waals surface area contributed by atoms with Crippen LogP contribution in [0.15, 0.2) is 0 Å². The van der Waals surface area contributed by atoms with E-state index in [1.807, 2.05) is 0 Å². The van der Waals surface area contributed by atoms with Crippen molar-refractivity contribution >= 4 is 5.78 Å². The fourth-order valence-electron chi connectivity index (χ4n) is 2.71. The van der Waals surface area contributed by atoms with Gasteiger partial charge in [-0.3, -0.25) is 4.79 Å². The molecule has 2 saturated carbocycles. The Morgan fingerprint density at radius 2 is 2.00 bits per heavy atom. The molecule has 1 unspecified atom stereocenters. The van der Waals surface area contributed by atoms with Gasteiger partial charge < -0.3 is 4.74 Å². The molecule has 0 aromatic heterocycles. The Bertz CT molecular complexity index is 192. The molecule has 0 saturated heterocycles. The van der Waals surface area contributed by atoms with Gasteiger partial charge in [0.1, 0.15) is 5.78 Å². The number of hydrogen-bond acceptors (Lipinski definition) is 2. The van der Waals surface area contributed by atoms with Gasteiger partial charge in [-0.05, 0) is 12.8 Å². The quantitative estimate of drug-likeness (QED) is 0.598. The maximum absolute atomic E-state index is 11.5. The van der Waals surface area contributed by atoms with Crippen LogP contribution in [0.3, 0.4) is 0 Å². The van der Waals surface area contributed by atoms with Crippen LogP contribution in [0, 0.1) is 5.41 Å². The number of methoxy groups -OCH3 is 1. The van der Waals surface area contributed by atoms with Crippen molar-refractivity contribution < 1.29 is 9.53 Å². The number of hydrogen-bond donors (Lipinski definition) is 0. The zero-order valence-corrected chi connectivity index (χ0v) is 7.64. The van der Waals surface area contributed by atoms with Gasteiger partial charge in [0.25, 0.3) is 0 Å². The topological polar surface area (TPSA) is 26.3 Å². The Morgan fingerprint density at radius 1 is 1.33 bits per heavy atom. The van der Waals surface area contributed by atoms with Crippen LogP contribution in [-0.4, -0.2) is 19.0 Å². The summed E-state index contributed by atoms with van der Waals surface area (Å²) < 4.78 is 5.33. The second kappa shape index (κ2) is 2.84. The van der Waals surface area contributed by atoms with Gasteiger partial charge in [-0.2, -0.15) is 0 Å². The lowest BCUT2D eigenvalue weighted by molar-refractivity contribution is -0.164. The molecular weight excluding hydrogens is 152 g/mol. The van der Waals surface area contributed by atoms with Crippen molar-refractivity contribution in [1.82, 2.24) is 0 Å². The molecule has 0 amide bonds. The van der Waals surface area contributed by atoms with E-state index in [-0.39, 0.29) is 11.5 Å². The molecule has 0 aromatic carbocycles. The highest BCUT2D eigenvalue weighted by Gasteiger charge is 2.54. The fourth-order valence-corrected chi connectivity index (χ4v) is 2.71. The van der Waals surface area contributed by atoms with Crippen LogP contribution in [-0.2, 0) is 9.53 Å². The van der Waals surface area contributed by atoms with Crippen molar-refractivity contribution in [2.24, 2.45) is 5.41 Å². The SMILES string of the molecule is COC1CC(=O)C12CCCCC2. The van der Waals surface area contributed by atoms with E-state index < -0.39 is 0 Å². The van der Waals surface area contributed by atoms with Crippen LogP contribution in [0.1, 0.15) is 38.5 Å². The molecule has 2 heteroatoms. The van der Waals surface area contributed by atoms with E-state index in [2.05, 4.69) is 0 Å². The Hall–Kier alpha value is -0.370. The van der Waals surface area contributed by atoms with E-state index in [1.165, 1.54) is 19.3 Å². The molecule has 2 fully saturated rings. The minimum Gasteiger partial charge on any atom is -0.380 e. The molecule has 2 nitrogen and oxygen atoms in total. The minimum absolute atomic E-state index is 0.0347. The number of rotatable bonds is 1. The lowest BCUT2D eigenvalue weighted by Gasteiger charge is -2.49. The normalized spacial score (nSPS) is 33.4. The van der Waals surface area contributed by atoms with Crippen LogP contribution < -0.4 is 0 Å². The maximum Gasteiger partial charge on any atom is 0.144 e.